The number of anilines is 3. The molecule has 0 radical (unpaired) electrons. The van der Waals surface area contributed by atoms with Gasteiger partial charge in [0.05, 0.1) is 17.6 Å². The second-order valence-electron chi connectivity index (χ2n) is 7.37. The highest BCUT2D eigenvalue weighted by Crippen LogP contribution is 2.35. The molecule has 8 nitrogen and oxygen atoms in total. The van der Waals surface area contributed by atoms with Gasteiger partial charge in [0, 0.05) is 48.9 Å². The number of phenolic OH excluding ortho intramolecular Hbond substituents is 1. The van der Waals surface area contributed by atoms with Gasteiger partial charge in [-0.1, -0.05) is 6.07 Å². The monoisotopic (exact) mass is 462 g/mol. The summed E-state index contributed by atoms with van der Waals surface area (Å²) in [7, 11) is 1.62. The first kappa shape index (κ1) is 22.6. The topological polar surface area (TPSA) is 117 Å². The van der Waals surface area contributed by atoms with Crippen LogP contribution in [0.25, 0.3) is 11.3 Å². The Morgan fingerprint density at radius 1 is 1.12 bits per heavy atom. The van der Waals surface area contributed by atoms with Crippen LogP contribution < -0.4 is 16.0 Å². The van der Waals surface area contributed by atoms with Gasteiger partial charge in [0.1, 0.15) is 28.9 Å². The van der Waals surface area contributed by atoms with E-state index in [1.165, 1.54) is 41.7 Å². The number of phenols is 1. The molecule has 10 heteroatoms. The molecule has 0 saturated carbocycles. The molecule has 4 rings (SSSR count). The highest BCUT2D eigenvalue weighted by molar-refractivity contribution is 5.91. The first-order valence-corrected chi connectivity index (χ1v) is 10.2. The number of amides is 1. The average Bonchev–Trinajstić information content (AvgIpc) is 2.83. The van der Waals surface area contributed by atoms with E-state index < -0.39 is 17.5 Å². The van der Waals surface area contributed by atoms with Crippen LogP contribution in [0.2, 0.25) is 0 Å². The van der Waals surface area contributed by atoms with Gasteiger partial charge in [-0.05, 0) is 36.4 Å². The minimum absolute atomic E-state index is 0.0488. The molecule has 4 aromatic rings. The maximum Gasteiger partial charge on any atom is 0.271 e. The molecule has 34 heavy (non-hydrogen) atoms. The summed E-state index contributed by atoms with van der Waals surface area (Å²) in [5, 5.41) is 13.1. The van der Waals surface area contributed by atoms with Crippen molar-refractivity contribution in [1.82, 2.24) is 20.3 Å². The van der Waals surface area contributed by atoms with Crippen molar-refractivity contribution >= 4 is 23.1 Å². The van der Waals surface area contributed by atoms with Crippen LogP contribution in [0.4, 0.5) is 26.0 Å². The lowest BCUT2D eigenvalue weighted by Crippen LogP contribution is -2.24. The standard InChI is InChI=1S/C24H20F2N6O2/c1-32(21-6-3-15(25)10-18(21)26)16-4-7-22(33)17(11-16)19-5-2-14(23(27)31-19)12-30-24(34)20-13-28-8-9-29-20/h2-11,13,33H,12H2,1H3,(H2,27,31)(H,30,34). The smallest absolute Gasteiger partial charge is 0.271 e. The van der Waals surface area contributed by atoms with Crippen LogP contribution in [0.1, 0.15) is 16.1 Å². The van der Waals surface area contributed by atoms with Gasteiger partial charge in [-0.15, -0.1) is 0 Å². The molecule has 172 valence electrons. The molecule has 1 amide bonds. The Labute approximate surface area is 193 Å². The average molecular weight is 462 g/mol. The lowest BCUT2D eigenvalue weighted by molar-refractivity contribution is 0.0945. The Bertz CT molecular complexity index is 1350. The number of nitrogens with zero attached hydrogens (tertiary/aromatic N) is 4. The van der Waals surface area contributed by atoms with E-state index in [4.69, 9.17) is 5.73 Å². The number of pyridine rings is 1. The molecule has 2 heterocycles. The van der Waals surface area contributed by atoms with Crippen LogP contribution in [0.5, 0.6) is 5.75 Å². The van der Waals surface area contributed by atoms with Crippen molar-refractivity contribution in [3.05, 3.63) is 90.0 Å². The van der Waals surface area contributed by atoms with Gasteiger partial charge < -0.3 is 21.1 Å². The fourth-order valence-electron chi connectivity index (χ4n) is 3.32. The number of halogens is 2. The summed E-state index contributed by atoms with van der Waals surface area (Å²) in [6, 6.07) is 11.3. The number of aromatic nitrogens is 3. The van der Waals surface area contributed by atoms with Crippen molar-refractivity contribution in [1.29, 1.82) is 0 Å². The third-order valence-corrected chi connectivity index (χ3v) is 5.16. The summed E-state index contributed by atoms with van der Waals surface area (Å²) in [4.78, 5) is 25.8. The molecule has 4 N–H and O–H groups in total. The first-order valence-electron chi connectivity index (χ1n) is 10.2. The van der Waals surface area contributed by atoms with Crippen LogP contribution in [0, 0.1) is 11.6 Å². The van der Waals surface area contributed by atoms with Crippen LogP contribution in [0.3, 0.4) is 0 Å². The molecular weight excluding hydrogens is 442 g/mol. The largest absolute Gasteiger partial charge is 0.507 e. The van der Waals surface area contributed by atoms with Gasteiger partial charge >= 0.3 is 0 Å². The van der Waals surface area contributed by atoms with Crippen molar-refractivity contribution in [2.24, 2.45) is 0 Å². The van der Waals surface area contributed by atoms with E-state index in [2.05, 4.69) is 20.3 Å². The summed E-state index contributed by atoms with van der Waals surface area (Å²) in [6.45, 7) is 0.118. The van der Waals surface area contributed by atoms with Gasteiger partial charge in [0.2, 0.25) is 0 Å². The predicted octanol–water partition coefficient (Wildman–Crippen LogP) is 3.80. The number of rotatable bonds is 6. The number of hydrogen-bond acceptors (Lipinski definition) is 7. The van der Waals surface area contributed by atoms with E-state index in [0.717, 1.165) is 6.07 Å². The third kappa shape index (κ3) is 4.75. The van der Waals surface area contributed by atoms with Gasteiger partial charge in [-0.25, -0.2) is 18.7 Å². The fourth-order valence-corrected chi connectivity index (χ4v) is 3.32. The van der Waals surface area contributed by atoms with E-state index in [9.17, 15) is 18.7 Å². The lowest BCUT2D eigenvalue weighted by atomic mass is 10.1. The molecule has 0 aliphatic carbocycles. The number of nitrogen functional groups attached to an aromatic ring is 1. The van der Waals surface area contributed by atoms with Crippen molar-refractivity contribution in [2.75, 3.05) is 17.7 Å². The Morgan fingerprint density at radius 3 is 2.65 bits per heavy atom. The quantitative estimate of drug-likeness (QED) is 0.399. The van der Waals surface area contributed by atoms with E-state index in [0.29, 0.717) is 22.5 Å². The van der Waals surface area contributed by atoms with Gasteiger partial charge in [0.15, 0.2) is 0 Å². The summed E-state index contributed by atoms with van der Waals surface area (Å²) in [6.07, 6.45) is 4.24. The lowest BCUT2D eigenvalue weighted by Gasteiger charge is -2.21. The molecule has 0 atom stereocenters. The highest BCUT2D eigenvalue weighted by atomic mass is 19.1. The van der Waals surface area contributed by atoms with Gasteiger partial charge in [0.25, 0.3) is 5.91 Å². The van der Waals surface area contributed by atoms with Crippen molar-refractivity contribution in [3.63, 3.8) is 0 Å². The zero-order valence-corrected chi connectivity index (χ0v) is 18.0. The van der Waals surface area contributed by atoms with Crippen molar-refractivity contribution in [2.45, 2.75) is 6.54 Å². The number of nitrogens with one attached hydrogen (secondary N) is 1. The van der Waals surface area contributed by atoms with E-state index >= 15 is 0 Å². The second-order valence-corrected chi connectivity index (χ2v) is 7.37. The summed E-state index contributed by atoms with van der Waals surface area (Å²) >= 11 is 0. The van der Waals surface area contributed by atoms with Crippen LogP contribution >= 0.6 is 0 Å². The number of carbonyl (C=O) groups excluding carboxylic acids is 1. The zero-order valence-electron chi connectivity index (χ0n) is 18.0. The summed E-state index contributed by atoms with van der Waals surface area (Å²) in [5.74, 6) is -1.67. The Balaban J connectivity index is 1.56. The maximum atomic E-state index is 14.2. The minimum Gasteiger partial charge on any atom is -0.507 e. The molecule has 0 aliphatic rings. The van der Waals surface area contributed by atoms with E-state index in [1.54, 1.807) is 31.3 Å². The molecule has 0 saturated heterocycles. The first-order chi connectivity index (χ1) is 16.3. The van der Waals surface area contributed by atoms with Gasteiger partial charge in [-0.2, -0.15) is 0 Å². The Kier molecular flexibility index (Phi) is 6.30. The second kappa shape index (κ2) is 9.49. The minimum atomic E-state index is -0.715. The number of benzene rings is 2. The van der Waals surface area contributed by atoms with Crippen LogP contribution in [-0.2, 0) is 6.54 Å². The zero-order chi connectivity index (χ0) is 24.2. The molecule has 0 fully saturated rings. The van der Waals surface area contributed by atoms with Gasteiger partial charge in [-0.3, -0.25) is 9.78 Å². The third-order valence-electron chi connectivity index (χ3n) is 5.16. The van der Waals surface area contributed by atoms with Crippen molar-refractivity contribution < 1.29 is 18.7 Å². The highest BCUT2D eigenvalue weighted by Gasteiger charge is 2.15. The number of nitrogens with two attached hydrogens (primary N) is 1. The molecule has 2 aromatic heterocycles. The Morgan fingerprint density at radius 2 is 1.94 bits per heavy atom. The maximum absolute atomic E-state index is 14.2. The van der Waals surface area contributed by atoms with Crippen molar-refractivity contribution in [3.8, 4) is 17.0 Å². The summed E-state index contributed by atoms with van der Waals surface area (Å²) in [5.41, 5.74) is 8.30. The number of carbonyl (C=O) groups is 1. The normalized spacial score (nSPS) is 10.7. The number of aromatic hydroxyl groups is 1. The molecule has 2 aromatic carbocycles. The molecule has 0 bridgehead atoms. The van der Waals surface area contributed by atoms with E-state index in [1.807, 2.05) is 0 Å². The molecule has 0 spiro atoms. The SMILES string of the molecule is CN(c1ccc(O)c(-c2ccc(CNC(=O)c3cnccn3)c(N)n2)c1)c1ccc(F)cc1F. The van der Waals surface area contributed by atoms with Crippen LogP contribution in [0.15, 0.2) is 67.1 Å². The van der Waals surface area contributed by atoms with E-state index in [-0.39, 0.29) is 29.5 Å². The Hall–Kier alpha value is -4.60. The summed E-state index contributed by atoms with van der Waals surface area (Å²) < 4.78 is 27.5. The fraction of sp³-hybridized carbons (Fsp3) is 0.0833. The number of hydrogen-bond donors (Lipinski definition) is 3. The predicted molar refractivity (Wildman–Crippen MR) is 123 cm³/mol. The molecule has 0 aliphatic heterocycles. The molecular formula is C24H20F2N6O2. The van der Waals surface area contributed by atoms with Crippen LogP contribution in [-0.4, -0.2) is 33.0 Å². The molecule has 0 unspecified atom stereocenters.